The van der Waals surface area contributed by atoms with Gasteiger partial charge in [0.15, 0.2) is 0 Å². The van der Waals surface area contributed by atoms with Crippen LogP contribution in [-0.4, -0.2) is 28.1 Å². The number of hydrazine groups is 1. The van der Waals surface area contributed by atoms with E-state index in [-0.39, 0.29) is 6.01 Å². The lowest BCUT2D eigenvalue weighted by Gasteiger charge is -2.20. The van der Waals surface area contributed by atoms with E-state index in [2.05, 4.69) is 32.6 Å². The van der Waals surface area contributed by atoms with Gasteiger partial charge in [0.2, 0.25) is 11.9 Å². The van der Waals surface area contributed by atoms with Gasteiger partial charge in [-0.05, 0) is 25.7 Å². The maximum Gasteiger partial charge on any atom is 0.322 e. The number of anilines is 2. The molecule has 0 amide bonds. The summed E-state index contributed by atoms with van der Waals surface area (Å²) in [7, 11) is 1.51. The molecule has 0 bridgehead atoms. The van der Waals surface area contributed by atoms with E-state index < -0.39 is 0 Å². The number of rotatable bonds is 5. The summed E-state index contributed by atoms with van der Waals surface area (Å²) in [6, 6.07) is 0.587. The molecule has 7 heteroatoms. The highest BCUT2D eigenvalue weighted by atomic mass is 16.5. The number of nitrogens with two attached hydrogens (primary N) is 1. The van der Waals surface area contributed by atoms with Crippen molar-refractivity contribution in [1.29, 1.82) is 0 Å². The molecule has 0 radical (unpaired) electrons. The van der Waals surface area contributed by atoms with Crippen molar-refractivity contribution in [1.82, 2.24) is 15.0 Å². The summed E-state index contributed by atoms with van der Waals surface area (Å²) in [6.45, 7) is 2.15. The maximum absolute atomic E-state index is 5.31. The van der Waals surface area contributed by atoms with Crippen LogP contribution in [0.25, 0.3) is 0 Å². The number of aromatic nitrogens is 3. The minimum Gasteiger partial charge on any atom is -0.467 e. The second-order valence-electron chi connectivity index (χ2n) is 4.59. The topological polar surface area (TPSA) is 98.0 Å². The van der Waals surface area contributed by atoms with E-state index in [9.17, 15) is 0 Å². The lowest BCUT2D eigenvalue weighted by molar-refractivity contribution is 0.379. The van der Waals surface area contributed by atoms with Gasteiger partial charge in [-0.1, -0.05) is 12.8 Å². The summed E-state index contributed by atoms with van der Waals surface area (Å²) in [4.78, 5) is 12.3. The van der Waals surface area contributed by atoms with Gasteiger partial charge >= 0.3 is 6.01 Å². The van der Waals surface area contributed by atoms with Crippen molar-refractivity contribution in [2.24, 2.45) is 11.8 Å². The fourth-order valence-electron chi connectivity index (χ4n) is 2.36. The SMILES string of the molecule is COc1nc(NN)nc(NC(C)C2CCCC2)n1. The van der Waals surface area contributed by atoms with Crippen molar-refractivity contribution in [2.75, 3.05) is 17.9 Å². The number of methoxy groups -OCH3 is 1. The molecular formula is C11H20N6O. The summed E-state index contributed by atoms with van der Waals surface area (Å²) in [5.41, 5.74) is 2.40. The quantitative estimate of drug-likeness (QED) is 0.534. The first-order valence-electron chi connectivity index (χ1n) is 6.26. The van der Waals surface area contributed by atoms with Crippen LogP contribution in [-0.2, 0) is 0 Å². The van der Waals surface area contributed by atoms with Gasteiger partial charge in [0.1, 0.15) is 0 Å². The van der Waals surface area contributed by atoms with Crippen molar-refractivity contribution in [3.8, 4) is 6.01 Å². The van der Waals surface area contributed by atoms with E-state index in [0.717, 1.165) is 0 Å². The fraction of sp³-hybridized carbons (Fsp3) is 0.727. The Kier molecular flexibility index (Phi) is 4.14. The summed E-state index contributed by atoms with van der Waals surface area (Å²) in [6.07, 6.45) is 5.15. The van der Waals surface area contributed by atoms with Crippen LogP contribution in [0.15, 0.2) is 0 Å². The average Bonchev–Trinajstić information content (AvgIpc) is 2.92. The number of hydrogen-bond acceptors (Lipinski definition) is 7. The van der Waals surface area contributed by atoms with E-state index in [1.165, 1.54) is 32.8 Å². The van der Waals surface area contributed by atoms with Crippen LogP contribution >= 0.6 is 0 Å². The van der Waals surface area contributed by atoms with Crippen LogP contribution in [0.5, 0.6) is 6.01 Å². The zero-order valence-corrected chi connectivity index (χ0v) is 10.8. The van der Waals surface area contributed by atoms with E-state index in [0.29, 0.717) is 23.9 Å². The molecular weight excluding hydrogens is 232 g/mol. The number of nitrogens with zero attached hydrogens (tertiary/aromatic N) is 3. The second-order valence-corrected chi connectivity index (χ2v) is 4.59. The van der Waals surface area contributed by atoms with Crippen molar-refractivity contribution >= 4 is 11.9 Å². The Labute approximate surface area is 107 Å². The largest absolute Gasteiger partial charge is 0.467 e. The van der Waals surface area contributed by atoms with E-state index in [1.54, 1.807) is 0 Å². The van der Waals surface area contributed by atoms with Gasteiger partial charge in [-0.25, -0.2) is 5.84 Å². The Morgan fingerprint density at radius 2 is 1.89 bits per heavy atom. The van der Waals surface area contributed by atoms with Crippen LogP contribution in [0.1, 0.15) is 32.6 Å². The van der Waals surface area contributed by atoms with E-state index in [4.69, 9.17) is 10.6 Å². The lowest BCUT2D eigenvalue weighted by Crippen LogP contribution is -2.25. The second kappa shape index (κ2) is 5.81. The molecule has 0 aromatic carbocycles. The molecule has 1 aliphatic carbocycles. The zero-order valence-electron chi connectivity index (χ0n) is 10.8. The first kappa shape index (κ1) is 12.8. The Morgan fingerprint density at radius 3 is 2.50 bits per heavy atom. The molecule has 0 spiro atoms. The van der Waals surface area contributed by atoms with Crippen LogP contribution in [0.2, 0.25) is 0 Å². The minimum absolute atomic E-state index is 0.249. The van der Waals surface area contributed by atoms with Crippen LogP contribution in [0.3, 0.4) is 0 Å². The van der Waals surface area contributed by atoms with Crippen LogP contribution in [0, 0.1) is 5.92 Å². The standard InChI is InChI=1S/C11H20N6O/c1-7(8-5-3-4-6-8)13-9-14-10(17-12)16-11(15-9)18-2/h7-8H,3-6,12H2,1-2H3,(H2,13,14,15,16,17). The third-order valence-electron chi connectivity index (χ3n) is 3.39. The van der Waals surface area contributed by atoms with Gasteiger partial charge in [-0.3, -0.25) is 5.43 Å². The molecule has 0 saturated heterocycles. The highest BCUT2D eigenvalue weighted by molar-refractivity contribution is 5.35. The van der Waals surface area contributed by atoms with Gasteiger partial charge in [0, 0.05) is 6.04 Å². The molecule has 1 unspecified atom stereocenters. The average molecular weight is 252 g/mol. The molecule has 0 aliphatic heterocycles. The van der Waals surface area contributed by atoms with Crippen molar-refractivity contribution in [3.05, 3.63) is 0 Å². The molecule has 18 heavy (non-hydrogen) atoms. The Bertz CT molecular complexity index is 371. The molecule has 1 atom stereocenters. The first-order chi connectivity index (χ1) is 8.72. The number of nitrogen functional groups attached to an aromatic ring is 1. The third-order valence-corrected chi connectivity index (χ3v) is 3.39. The molecule has 1 saturated carbocycles. The highest BCUT2D eigenvalue weighted by Gasteiger charge is 2.22. The molecule has 4 N–H and O–H groups in total. The van der Waals surface area contributed by atoms with Gasteiger partial charge in [0.25, 0.3) is 0 Å². The summed E-state index contributed by atoms with van der Waals surface area (Å²) in [5, 5.41) is 3.30. The molecule has 1 aromatic heterocycles. The summed E-state index contributed by atoms with van der Waals surface area (Å²) < 4.78 is 5.01. The monoisotopic (exact) mass is 252 g/mol. The lowest BCUT2D eigenvalue weighted by atomic mass is 10.0. The molecule has 2 rings (SSSR count). The van der Waals surface area contributed by atoms with Gasteiger partial charge < -0.3 is 10.1 Å². The maximum atomic E-state index is 5.31. The molecule has 7 nitrogen and oxygen atoms in total. The molecule has 1 aliphatic rings. The molecule has 1 fully saturated rings. The Morgan fingerprint density at radius 1 is 1.22 bits per heavy atom. The van der Waals surface area contributed by atoms with E-state index in [1.807, 2.05) is 0 Å². The Balaban J connectivity index is 2.07. The van der Waals surface area contributed by atoms with Crippen molar-refractivity contribution in [3.63, 3.8) is 0 Å². The van der Waals surface area contributed by atoms with Gasteiger partial charge in [0.05, 0.1) is 7.11 Å². The summed E-state index contributed by atoms with van der Waals surface area (Å²) in [5.74, 6) is 6.78. The van der Waals surface area contributed by atoms with Crippen molar-refractivity contribution < 1.29 is 4.74 Å². The van der Waals surface area contributed by atoms with Crippen LogP contribution < -0.4 is 21.3 Å². The number of ether oxygens (including phenoxy) is 1. The molecule has 100 valence electrons. The van der Waals surface area contributed by atoms with Gasteiger partial charge in [-0.2, -0.15) is 15.0 Å². The van der Waals surface area contributed by atoms with E-state index >= 15 is 0 Å². The minimum atomic E-state index is 0.249. The van der Waals surface area contributed by atoms with Gasteiger partial charge in [-0.15, -0.1) is 0 Å². The fourth-order valence-corrected chi connectivity index (χ4v) is 2.36. The molecule has 1 aromatic rings. The highest BCUT2D eigenvalue weighted by Crippen LogP contribution is 2.28. The predicted octanol–water partition coefficient (Wildman–Crippen LogP) is 1.16. The molecule has 1 heterocycles. The first-order valence-corrected chi connectivity index (χ1v) is 6.26. The Hall–Kier alpha value is -1.63. The number of nitrogens with one attached hydrogen (secondary N) is 2. The normalized spacial score (nSPS) is 17.5. The summed E-state index contributed by atoms with van der Waals surface area (Å²) >= 11 is 0. The number of hydrogen-bond donors (Lipinski definition) is 3. The smallest absolute Gasteiger partial charge is 0.322 e. The predicted molar refractivity (Wildman–Crippen MR) is 69.2 cm³/mol. The zero-order chi connectivity index (χ0) is 13.0. The van der Waals surface area contributed by atoms with Crippen LogP contribution in [0.4, 0.5) is 11.9 Å². The third kappa shape index (κ3) is 2.98. The van der Waals surface area contributed by atoms with Crippen molar-refractivity contribution in [2.45, 2.75) is 38.6 Å².